The lowest BCUT2D eigenvalue weighted by Crippen LogP contribution is -1.99. The first kappa shape index (κ1) is 26.1. The number of nitrogens with zero attached hydrogens (tertiary/aromatic N) is 3. The summed E-state index contributed by atoms with van der Waals surface area (Å²) < 4.78 is 4.75. The zero-order valence-electron chi connectivity index (χ0n) is 24.9. The summed E-state index contributed by atoms with van der Waals surface area (Å²) in [6.07, 6.45) is 0. The van der Waals surface area contributed by atoms with Crippen molar-refractivity contribution in [2.45, 2.75) is 0 Å². The number of aromatic nitrogens is 2. The van der Waals surface area contributed by atoms with E-state index >= 15 is 0 Å². The Hall–Kier alpha value is -6.37. The lowest BCUT2D eigenvalue weighted by molar-refractivity contribution is 1.18. The molecule has 3 nitrogen and oxygen atoms in total. The minimum absolute atomic E-state index is 0.650. The van der Waals surface area contributed by atoms with Crippen molar-refractivity contribution in [3.8, 4) is 39.7 Å². The van der Waals surface area contributed by atoms with Crippen LogP contribution in [0.25, 0.3) is 77.2 Å². The van der Waals surface area contributed by atoms with Gasteiger partial charge in [0, 0.05) is 38.4 Å². The minimum Gasteiger partial charge on any atom is -0.309 e. The zero-order valence-corrected chi connectivity index (χ0v) is 24.9. The molecular weight excluding hydrogens is 558 g/mol. The molecule has 7 aromatic carbocycles. The highest BCUT2D eigenvalue weighted by atomic mass is 15.0. The normalized spacial score (nSPS) is 11.5. The van der Waals surface area contributed by atoms with Gasteiger partial charge in [-0.2, -0.15) is 5.26 Å². The lowest BCUT2D eigenvalue weighted by atomic mass is 9.92. The van der Waals surface area contributed by atoms with Gasteiger partial charge in [-0.15, -0.1) is 0 Å². The maximum Gasteiger partial charge on any atom is 0.0991 e. The van der Waals surface area contributed by atoms with Crippen molar-refractivity contribution in [2.75, 3.05) is 0 Å². The predicted octanol–water partition coefficient (Wildman–Crippen LogP) is 11.1. The third-order valence-corrected chi connectivity index (χ3v) is 9.18. The highest BCUT2D eigenvalue weighted by Gasteiger charge is 2.20. The molecule has 0 amide bonds. The smallest absolute Gasteiger partial charge is 0.0991 e. The fourth-order valence-corrected chi connectivity index (χ4v) is 7.22. The molecule has 0 unspecified atom stereocenters. The van der Waals surface area contributed by atoms with Crippen molar-refractivity contribution in [2.24, 2.45) is 0 Å². The summed E-state index contributed by atoms with van der Waals surface area (Å²) in [6, 6.07) is 60.2. The first-order chi connectivity index (χ1) is 22.8. The first-order valence-electron chi connectivity index (χ1n) is 15.5. The monoisotopic (exact) mass is 585 g/mol. The van der Waals surface area contributed by atoms with Crippen molar-refractivity contribution in [3.05, 3.63) is 169 Å². The summed E-state index contributed by atoms with van der Waals surface area (Å²) in [7, 11) is 0. The fraction of sp³-hybridized carbons (Fsp3) is 0. The number of fused-ring (bicyclic) bond motifs is 6. The van der Waals surface area contributed by atoms with Gasteiger partial charge < -0.3 is 9.13 Å². The van der Waals surface area contributed by atoms with Gasteiger partial charge in [0.25, 0.3) is 0 Å². The van der Waals surface area contributed by atoms with E-state index in [9.17, 15) is 5.26 Å². The van der Waals surface area contributed by atoms with Crippen LogP contribution in [0.1, 0.15) is 5.56 Å². The molecule has 0 saturated heterocycles. The molecule has 214 valence electrons. The number of benzene rings is 7. The van der Waals surface area contributed by atoms with Gasteiger partial charge in [-0.3, -0.25) is 0 Å². The molecule has 46 heavy (non-hydrogen) atoms. The van der Waals surface area contributed by atoms with Crippen LogP contribution in [0, 0.1) is 11.3 Å². The van der Waals surface area contributed by atoms with Gasteiger partial charge in [-0.25, -0.2) is 0 Å². The van der Waals surface area contributed by atoms with Crippen LogP contribution in [-0.4, -0.2) is 9.13 Å². The second-order valence-corrected chi connectivity index (χ2v) is 11.6. The minimum atomic E-state index is 0.650. The summed E-state index contributed by atoms with van der Waals surface area (Å²) in [5.41, 5.74) is 12.2. The van der Waals surface area contributed by atoms with Gasteiger partial charge in [0.15, 0.2) is 0 Å². The summed E-state index contributed by atoms with van der Waals surface area (Å²) in [5, 5.41) is 14.4. The van der Waals surface area contributed by atoms with Crippen LogP contribution in [-0.2, 0) is 0 Å². The molecular formula is C43H27N3. The molecule has 0 aliphatic rings. The molecule has 0 spiro atoms. The Morgan fingerprint density at radius 3 is 1.46 bits per heavy atom. The largest absolute Gasteiger partial charge is 0.309 e. The Balaban J connectivity index is 1.35. The number of nitriles is 1. The molecule has 0 bridgehead atoms. The number of hydrogen-bond donors (Lipinski definition) is 0. The maximum atomic E-state index is 9.48. The molecule has 2 aromatic heterocycles. The van der Waals surface area contributed by atoms with Gasteiger partial charge >= 0.3 is 0 Å². The Morgan fingerprint density at radius 2 is 0.826 bits per heavy atom. The van der Waals surface area contributed by atoms with Crippen LogP contribution in [0.4, 0.5) is 0 Å². The third-order valence-electron chi connectivity index (χ3n) is 9.18. The van der Waals surface area contributed by atoms with Gasteiger partial charge in [0.1, 0.15) is 0 Å². The third kappa shape index (κ3) is 3.84. The standard InChI is InChI=1S/C43H27N3/c44-28-29-24-26-30(27-25-29)45-39-20-7-6-17-36(39)38-19-11-18-37(43(38)45)32-13-2-1-12-31(32)33-14-3-8-21-40(33)46-41-22-9-4-15-34(41)35-16-5-10-23-42(35)46/h1-27H. The van der Waals surface area contributed by atoms with Gasteiger partial charge in [0.2, 0.25) is 0 Å². The number of hydrogen-bond acceptors (Lipinski definition) is 1. The molecule has 0 N–H and O–H groups in total. The second kappa shape index (κ2) is 10.4. The van der Waals surface area contributed by atoms with Crippen molar-refractivity contribution < 1.29 is 0 Å². The van der Waals surface area contributed by atoms with Crippen LogP contribution in [0.5, 0.6) is 0 Å². The Labute approximate surface area is 266 Å². The fourth-order valence-electron chi connectivity index (χ4n) is 7.22. The van der Waals surface area contributed by atoms with Crippen molar-refractivity contribution in [3.63, 3.8) is 0 Å². The second-order valence-electron chi connectivity index (χ2n) is 11.6. The maximum absolute atomic E-state index is 9.48. The summed E-state index contributed by atoms with van der Waals surface area (Å²) in [6.45, 7) is 0. The van der Waals surface area contributed by atoms with E-state index in [0.717, 1.165) is 28.0 Å². The van der Waals surface area contributed by atoms with E-state index in [1.54, 1.807) is 0 Å². The summed E-state index contributed by atoms with van der Waals surface area (Å²) in [4.78, 5) is 0. The summed E-state index contributed by atoms with van der Waals surface area (Å²) in [5.74, 6) is 0. The molecule has 0 radical (unpaired) electrons. The Kier molecular flexibility index (Phi) is 5.88. The zero-order chi connectivity index (χ0) is 30.6. The molecule has 9 aromatic rings. The van der Waals surface area contributed by atoms with Crippen LogP contribution in [0.3, 0.4) is 0 Å². The van der Waals surface area contributed by atoms with Crippen LogP contribution < -0.4 is 0 Å². The van der Waals surface area contributed by atoms with Gasteiger partial charge in [-0.1, -0.05) is 115 Å². The van der Waals surface area contributed by atoms with Crippen molar-refractivity contribution >= 4 is 43.6 Å². The molecule has 0 aliphatic carbocycles. The van der Waals surface area contributed by atoms with E-state index in [1.807, 2.05) is 24.3 Å². The summed E-state index contributed by atoms with van der Waals surface area (Å²) >= 11 is 0. The van der Waals surface area contributed by atoms with Crippen LogP contribution in [0.15, 0.2) is 164 Å². The quantitative estimate of drug-likeness (QED) is 0.202. The van der Waals surface area contributed by atoms with Crippen LogP contribution >= 0.6 is 0 Å². The lowest BCUT2D eigenvalue weighted by Gasteiger charge is -2.18. The van der Waals surface area contributed by atoms with Gasteiger partial charge in [-0.05, 0) is 59.7 Å². The Morgan fingerprint density at radius 1 is 0.370 bits per heavy atom. The van der Waals surface area contributed by atoms with Crippen molar-refractivity contribution in [1.29, 1.82) is 5.26 Å². The predicted molar refractivity (Wildman–Crippen MR) is 191 cm³/mol. The Bertz CT molecular complexity index is 2590. The number of para-hydroxylation sites is 5. The molecule has 3 heteroatoms. The first-order valence-corrected chi connectivity index (χ1v) is 15.5. The SMILES string of the molecule is N#Cc1ccc(-n2c3ccccc3c3cccc(-c4ccccc4-c4ccccc4-n4c5ccccc5c5ccccc54)c32)cc1. The highest BCUT2D eigenvalue weighted by Crippen LogP contribution is 2.43. The van der Waals surface area contributed by atoms with Crippen molar-refractivity contribution in [1.82, 2.24) is 9.13 Å². The molecule has 0 atom stereocenters. The molecule has 0 saturated carbocycles. The van der Waals surface area contributed by atoms with E-state index in [-0.39, 0.29) is 0 Å². The topological polar surface area (TPSA) is 33.6 Å². The molecule has 0 aliphatic heterocycles. The highest BCUT2D eigenvalue weighted by molar-refractivity contribution is 6.15. The van der Waals surface area contributed by atoms with E-state index in [0.29, 0.717) is 5.56 Å². The molecule has 9 rings (SSSR count). The van der Waals surface area contributed by atoms with E-state index < -0.39 is 0 Å². The molecule has 0 fully saturated rings. The van der Waals surface area contributed by atoms with E-state index in [2.05, 4.69) is 155 Å². The van der Waals surface area contributed by atoms with Gasteiger partial charge in [0.05, 0.1) is 39.4 Å². The van der Waals surface area contributed by atoms with E-state index in [1.165, 1.54) is 49.3 Å². The number of rotatable bonds is 4. The van der Waals surface area contributed by atoms with Crippen LogP contribution in [0.2, 0.25) is 0 Å². The molecule has 2 heterocycles. The average Bonchev–Trinajstić information content (AvgIpc) is 3.65. The van der Waals surface area contributed by atoms with E-state index in [4.69, 9.17) is 0 Å². The average molecular weight is 586 g/mol.